The monoisotopic (exact) mass is 393 g/mol. The Morgan fingerprint density at radius 1 is 1.18 bits per heavy atom. The molecule has 0 atom stereocenters. The number of ether oxygens (including phenoxy) is 1. The van der Waals surface area contributed by atoms with Crippen LogP contribution in [0.5, 0.6) is 0 Å². The molecular formula is C18H25N4O6-. The van der Waals surface area contributed by atoms with Crippen molar-refractivity contribution in [2.24, 2.45) is 0 Å². The standard InChI is InChI=1S/C18H25N4O6/c23-16(13-28-18(25)12-21-11-3-1-2-4-17(21)24)20-10-9-19-14-5-7-15(8-6-14)22(26)27/h5-8,19,26H,1-4,9-13H2,(H,20,23)/q-1. The third-order valence-corrected chi connectivity index (χ3v) is 4.22. The van der Waals surface area contributed by atoms with Crippen LogP contribution in [0.25, 0.3) is 0 Å². The van der Waals surface area contributed by atoms with Crippen LogP contribution in [0.4, 0.5) is 11.4 Å². The summed E-state index contributed by atoms with van der Waals surface area (Å²) in [6.07, 6.45) is 3.11. The Labute approximate surface area is 163 Å². The molecule has 2 amide bonds. The first-order valence-electron chi connectivity index (χ1n) is 9.16. The lowest BCUT2D eigenvalue weighted by Gasteiger charge is -2.21. The van der Waals surface area contributed by atoms with Gasteiger partial charge in [0, 0.05) is 31.7 Å². The highest BCUT2D eigenvalue weighted by Crippen LogP contribution is 2.15. The quantitative estimate of drug-likeness (QED) is 0.319. The van der Waals surface area contributed by atoms with Crippen molar-refractivity contribution in [2.75, 3.05) is 43.3 Å². The second-order valence-corrected chi connectivity index (χ2v) is 6.38. The summed E-state index contributed by atoms with van der Waals surface area (Å²) in [5, 5.41) is 24.8. The largest absolute Gasteiger partial charge is 0.733 e. The van der Waals surface area contributed by atoms with Crippen LogP contribution >= 0.6 is 0 Å². The van der Waals surface area contributed by atoms with Crippen LogP contribution in [-0.4, -0.2) is 60.7 Å². The molecule has 3 N–H and O–H groups in total. The molecule has 0 unspecified atom stereocenters. The van der Waals surface area contributed by atoms with E-state index < -0.39 is 18.5 Å². The van der Waals surface area contributed by atoms with Crippen LogP contribution in [0, 0.1) is 5.21 Å². The van der Waals surface area contributed by atoms with Crippen molar-refractivity contribution >= 4 is 29.2 Å². The first-order chi connectivity index (χ1) is 13.5. The summed E-state index contributed by atoms with van der Waals surface area (Å²) in [5.74, 6) is -1.09. The summed E-state index contributed by atoms with van der Waals surface area (Å²) in [4.78, 5) is 36.8. The Kier molecular flexibility index (Phi) is 8.50. The average molecular weight is 393 g/mol. The van der Waals surface area contributed by atoms with Crippen molar-refractivity contribution in [3.8, 4) is 0 Å². The van der Waals surface area contributed by atoms with Crippen molar-refractivity contribution in [1.29, 1.82) is 0 Å². The molecule has 10 nitrogen and oxygen atoms in total. The van der Waals surface area contributed by atoms with Crippen molar-refractivity contribution in [3.05, 3.63) is 29.5 Å². The highest BCUT2D eigenvalue weighted by Gasteiger charge is 2.20. The molecule has 1 aliphatic rings. The molecule has 0 bridgehead atoms. The third-order valence-electron chi connectivity index (χ3n) is 4.22. The maximum absolute atomic E-state index is 11.8. The van der Waals surface area contributed by atoms with Gasteiger partial charge in [0.25, 0.3) is 5.91 Å². The van der Waals surface area contributed by atoms with Crippen LogP contribution in [-0.2, 0) is 19.1 Å². The van der Waals surface area contributed by atoms with Crippen LogP contribution in [0.3, 0.4) is 0 Å². The van der Waals surface area contributed by atoms with Crippen LogP contribution in [0.15, 0.2) is 24.3 Å². The molecule has 1 aromatic rings. The van der Waals surface area contributed by atoms with Gasteiger partial charge in [-0.2, -0.15) is 0 Å². The predicted octanol–water partition coefficient (Wildman–Crippen LogP) is 0.854. The zero-order chi connectivity index (χ0) is 20.4. The molecule has 10 heteroatoms. The highest BCUT2D eigenvalue weighted by atomic mass is 16.8. The summed E-state index contributed by atoms with van der Waals surface area (Å²) in [7, 11) is 0. The second kappa shape index (κ2) is 11.1. The molecular weight excluding hydrogens is 368 g/mol. The van der Waals surface area contributed by atoms with E-state index in [9.17, 15) is 19.6 Å². The topological polar surface area (TPSA) is 134 Å². The van der Waals surface area contributed by atoms with Gasteiger partial charge in [0.2, 0.25) is 5.91 Å². The summed E-state index contributed by atoms with van der Waals surface area (Å²) in [6.45, 7) is 0.736. The van der Waals surface area contributed by atoms with Crippen molar-refractivity contribution in [2.45, 2.75) is 25.7 Å². The van der Waals surface area contributed by atoms with Gasteiger partial charge >= 0.3 is 5.97 Å². The number of hydrogen-bond donors (Lipinski definition) is 3. The smallest absolute Gasteiger partial charge is 0.326 e. The number of carbonyl (C=O) groups excluding carboxylic acids is 3. The molecule has 0 spiro atoms. The van der Waals surface area contributed by atoms with Gasteiger partial charge in [0.05, 0.1) is 5.69 Å². The van der Waals surface area contributed by atoms with Crippen LogP contribution in [0.2, 0.25) is 0 Å². The van der Waals surface area contributed by atoms with E-state index in [1.54, 1.807) is 12.1 Å². The molecule has 0 aliphatic carbocycles. The number of benzene rings is 1. The highest BCUT2D eigenvalue weighted by molar-refractivity contribution is 5.84. The molecule has 1 aliphatic heterocycles. The van der Waals surface area contributed by atoms with Gasteiger partial charge in [-0.25, -0.2) is 0 Å². The molecule has 1 aromatic carbocycles. The van der Waals surface area contributed by atoms with E-state index in [4.69, 9.17) is 9.94 Å². The maximum atomic E-state index is 11.8. The van der Waals surface area contributed by atoms with E-state index in [0.29, 0.717) is 31.7 Å². The summed E-state index contributed by atoms with van der Waals surface area (Å²) in [6, 6.07) is 6.12. The molecule has 1 heterocycles. The number of hydrogen-bond acceptors (Lipinski definition) is 8. The van der Waals surface area contributed by atoms with Gasteiger partial charge in [0.15, 0.2) is 6.61 Å². The predicted molar refractivity (Wildman–Crippen MR) is 102 cm³/mol. The van der Waals surface area contributed by atoms with Crippen LogP contribution < -0.4 is 15.9 Å². The average Bonchev–Trinajstić information content (AvgIpc) is 2.88. The van der Waals surface area contributed by atoms with Gasteiger partial charge in [-0.05, 0) is 37.1 Å². The zero-order valence-electron chi connectivity index (χ0n) is 15.6. The lowest BCUT2D eigenvalue weighted by atomic mass is 10.2. The Morgan fingerprint density at radius 2 is 1.93 bits per heavy atom. The van der Waals surface area contributed by atoms with Gasteiger partial charge in [0.1, 0.15) is 6.54 Å². The van der Waals surface area contributed by atoms with E-state index in [0.717, 1.165) is 19.3 Å². The number of carbonyl (C=O) groups is 3. The minimum Gasteiger partial charge on any atom is -0.733 e. The maximum Gasteiger partial charge on any atom is 0.326 e. The fourth-order valence-electron chi connectivity index (χ4n) is 2.72. The summed E-state index contributed by atoms with van der Waals surface area (Å²) < 4.78 is 4.92. The summed E-state index contributed by atoms with van der Waals surface area (Å²) >= 11 is 0. The Morgan fingerprint density at radius 3 is 2.64 bits per heavy atom. The number of amides is 2. The molecule has 154 valence electrons. The molecule has 0 radical (unpaired) electrons. The molecule has 2 rings (SSSR count). The third kappa shape index (κ3) is 7.41. The van der Waals surface area contributed by atoms with Crippen molar-refractivity contribution in [1.82, 2.24) is 10.2 Å². The Bertz CT molecular complexity index is 665. The van der Waals surface area contributed by atoms with Gasteiger partial charge in [-0.15, -0.1) is 0 Å². The van der Waals surface area contributed by atoms with Crippen molar-refractivity contribution in [3.63, 3.8) is 0 Å². The number of nitrogens with zero attached hydrogens (tertiary/aromatic N) is 2. The molecule has 28 heavy (non-hydrogen) atoms. The molecule has 0 aromatic heterocycles. The van der Waals surface area contributed by atoms with E-state index in [1.165, 1.54) is 17.0 Å². The minimum atomic E-state index is -0.597. The van der Waals surface area contributed by atoms with E-state index >= 15 is 0 Å². The lowest BCUT2D eigenvalue weighted by molar-refractivity contribution is -0.152. The molecule has 1 fully saturated rings. The number of anilines is 2. The first kappa shape index (κ1) is 21.5. The number of likely N-dealkylation sites (tertiary alicyclic amines) is 1. The van der Waals surface area contributed by atoms with E-state index in [1.807, 2.05) is 0 Å². The van der Waals surface area contributed by atoms with Gasteiger partial charge in [-0.3, -0.25) is 19.6 Å². The fourth-order valence-corrected chi connectivity index (χ4v) is 2.72. The fraction of sp³-hybridized carbons (Fsp3) is 0.500. The summed E-state index contributed by atoms with van der Waals surface area (Å²) in [5.41, 5.74) is 0.830. The number of esters is 1. The zero-order valence-corrected chi connectivity index (χ0v) is 15.6. The van der Waals surface area contributed by atoms with E-state index in [2.05, 4.69) is 10.6 Å². The second-order valence-electron chi connectivity index (χ2n) is 6.38. The number of nitrogens with one attached hydrogen (secondary N) is 2. The minimum absolute atomic E-state index is 0.0556. The van der Waals surface area contributed by atoms with Gasteiger partial charge < -0.3 is 30.7 Å². The van der Waals surface area contributed by atoms with Crippen molar-refractivity contribution < 1.29 is 24.3 Å². The lowest BCUT2D eigenvalue weighted by Crippen LogP contribution is -2.38. The molecule has 0 saturated carbocycles. The van der Waals surface area contributed by atoms with E-state index in [-0.39, 0.29) is 23.4 Å². The van der Waals surface area contributed by atoms with Gasteiger partial charge in [-0.1, -0.05) is 6.42 Å². The molecule has 1 saturated heterocycles. The Balaban J connectivity index is 1.59. The normalized spacial score (nSPS) is 14.2. The SMILES string of the molecule is O=C(COC(=O)CN1CCCCCC1=O)NCCNc1ccc(N([O-])O)cc1. The Hall–Kier alpha value is -2.85. The number of rotatable bonds is 9. The first-order valence-corrected chi connectivity index (χ1v) is 9.16. The van der Waals surface area contributed by atoms with Crippen LogP contribution in [0.1, 0.15) is 25.7 Å².